The van der Waals surface area contributed by atoms with Crippen molar-refractivity contribution >= 4 is 47.2 Å². The summed E-state index contributed by atoms with van der Waals surface area (Å²) in [6.45, 7) is 7.81. The number of carbonyl (C=O) groups excluding carboxylic acids is 4. The molecule has 0 bridgehead atoms. The third-order valence-corrected chi connectivity index (χ3v) is 9.39. The molecule has 0 aliphatic heterocycles. The first kappa shape index (κ1) is 44.4. The number of carbonyl (C=O) groups is 4. The van der Waals surface area contributed by atoms with Gasteiger partial charge in [0.05, 0.1) is 17.7 Å². The van der Waals surface area contributed by atoms with Gasteiger partial charge in [-0.25, -0.2) is 0 Å². The maximum absolute atomic E-state index is 14.1. The zero-order chi connectivity index (χ0) is 42.7. The van der Waals surface area contributed by atoms with Gasteiger partial charge in [-0.15, -0.1) is 0 Å². The molecule has 0 radical (unpaired) electrons. The molecule has 2 aromatic heterocycles. The van der Waals surface area contributed by atoms with Crippen LogP contribution in [0, 0.1) is 0 Å². The lowest BCUT2D eigenvalue weighted by Gasteiger charge is -2.38. The molecule has 17 heteroatoms. The molecule has 0 aliphatic rings. The minimum Gasteiger partial charge on any atom is -0.371 e. The molecule has 4 amide bonds. The average molecular weight is 799 g/mol. The maximum Gasteiger partial charge on any atom is 0.268 e. The van der Waals surface area contributed by atoms with E-state index in [-0.39, 0.29) is 35.7 Å². The molecular weight excluding hydrogens is 753 g/mol. The number of nitrogens with zero attached hydrogens (tertiary/aromatic N) is 8. The second-order valence-electron chi connectivity index (χ2n) is 13.7. The molecule has 4 aromatic rings. The number of amides is 4. The number of pyridine rings is 2. The molecule has 0 spiro atoms. The Morgan fingerprint density at radius 2 is 1.20 bits per heavy atom. The van der Waals surface area contributed by atoms with Crippen molar-refractivity contribution in [2.75, 3.05) is 13.2 Å². The van der Waals surface area contributed by atoms with Gasteiger partial charge in [-0.2, -0.15) is 0 Å². The summed E-state index contributed by atoms with van der Waals surface area (Å²) in [5, 5.41) is 18.5. The Morgan fingerprint density at radius 3 is 1.61 bits per heavy atom. The quantitative estimate of drug-likeness (QED) is 0.0297. The summed E-state index contributed by atoms with van der Waals surface area (Å²) in [5.41, 5.74) is 17.9. The van der Waals surface area contributed by atoms with Gasteiger partial charge in [0.2, 0.25) is 0 Å². The van der Waals surface area contributed by atoms with Crippen LogP contribution in [-0.2, 0) is 14.3 Å². The van der Waals surface area contributed by atoms with Crippen molar-refractivity contribution in [1.29, 1.82) is 0 Å². The summed E-state index contributed by atoms with van der Waals surface area (Å²) in [6.07, 6.45) is 11.5. The lowest BCUT2D eigenvalue weighted by atomic mass is 9.92. The van der Waals surface area contributed by atoms with E-state index in [1.807, 2.05) is 27.7 Å². The predicted octanol–water partition coefficient (Wildman–Crippen LogP) is 7.97. The molecule has 2 heterocycles. The number of benzene rings is 2. The van der Waals surface area contributed by atoms with Gasteiger partial charge >= 0.3 is 0 Å². The van der Waals surface area contributed by atoms with Crippen LogP contribution in [0.4, 0.5) is 11.4 Å². The Kier molecular flexibility index (Phi) is 16.4. The van der Waals surface area contributed by atoms with Gasteiger partial charge in [-0.05, 0) is 96.9 Å². The molecule has 0 fully saturated rings. The highest BCUT2D eigenvalue weighted by Crippen LogP contribution is 2.24. The molecular formula is C42H46N12O5. The van der Waals surface area contributed by atoms with Crippen LogP contribution in [0.15, 0.2) is 119 Å². The highest BCUT2D eigenvalue weighted by atomic mass is 16.5. The summed E-state index contributed by atoms with van der Waals surface area (Å²) in [5.74, 6) is -2.24. The SMILES string of the molecule is CCCC(C)(CNC(=O)/C(=C/c1cccnc1)NC(=O)c1ccc(N=[N+]=[N-])cc1)OCC(CC)(CC)NC(=O)/C(=C/c1cccnc1)NC(=O)c1ccc(N=[N+]=[N-])cc1. The molecule has 4 rings (SSSR count). The summed E-state index contributed by atoms with van der Waals surface area (Å²) in [6, 6.07) is 18.8. The molecule has 0 aliphatic carbocycles. The van der Waals surface area contributed by atoms with Gasteiger partial charge < -0.3 is 26.0 Å². The fourth-order valence-corrected chi connectivity index (χ4v) is 5.81. The first-order valence-corrected chi connectivity index (χ1v) is 18.9. The monoisotopic (exact) mass is 798 g/mol. The van der Waals surface area contributed by atoms with Crippen molar-refractivity contribution in [2.45, 2.75) is 64.5 Å². The fraction of sp³-hybridized carbons (Fsp3) is 0.286. The van der Waals surface area contributed by atoms with Crippen LogP contribution in [0.1, 0.15) is 85.2 Å². The highest BCUT2D eigenvalue weighted by molar-refractivity contribution is 6.06. The Balaban J connectivity index is 1.52. The number of azide groups is 2. The van der Waals surface area contributed by atoms with E-state index >= 15 is 0 Å². The van der Waals surface area contributed by atoms with Gasteiger partial charge in [0.15, 0.2) is 0 Å². The fourth-order valence-electron chi connectivity index (χ4n) is 5.81. The molecule has 1 atom stereocenters. The summed E-state index contributed by atoms with van der Waals surface area (Å²) in [7, 11) is 0. The van der Waals surface area contributed by atoms with Crippen LogP contribution < -0.4 is 21.3 Å². The molecule has 304 valence electrons. The molecule has 17 nitrogen and oxygen atoms in total. The summed E-state index contributed by atoms with van der Waals surface area (Å²) >= 11 is 0. The van der Waals surface area contributed by atoms with Gasteiger partial charge in [0.1, 0.15) is 11.4 Å². The Labute approximate surface area is 341 Å². The molecule has 0 saturated carbocycles. The lowest BCUT2D eigenvalue weighted by Crippen LogP contribution is -2.55. The molecule has 2 aromatic carbocycles. The first-order chi connectivity index (χ1) is 28.5. The largest absolute Gasteiger partial charge is 0.371 e. The third kappa shape index (κ3) is 13.4. The van der Waals surface area contributed by atoms with Crippen molar-refractivity contribution in [3.8, 4) is 0 Å². The smallest absolute Gasteiger partial charge is 0.268 e. The number of rotatable bonds is 20. The van der Waals surface area contributed by atoms with Crippen molar-refractivity contribution in [3.05, 3.63) is 152 Å². The molecule has 59 heavy (non-hydrogen) atoms. The van der Waals surface area contributed by atoms with Gasteiger partial charge in [0, 0.05) is 63.7 Å². The van der Waals surface area contributed by atoms with E-state index < -0.39 is 34.8 Å². The number of ether oxygens (including phenoxy) is 1. The van der Waals surface area contributed by atoms with Crippen LogP contribution in [0.5, 0.6) is 0 Å². The Morgan fingerprint density at radius 1 is 0.729 bits per heavy atom. The van der Waals surface area contributed by atoms with E-state index in [1.165, 1.54) is 60.7 Å². The predicted molar refractivity (Wildman–Crippen MR) is 224 cm³/mol. The Bertz CT molecular complexity index is 2230. The normalized spacial score (nSPS) is 12.5. The maximum atomic E-state index is 14.1. The number of nitrogens with one attached hydrogen (secondary N) is 4. The summed E-state index contributed by atoms with van der Waals surface area (Å²) in [4.78, 5) is 68.2. The Hall–Kier alpha value is -7.32. The van der Waals surface area contributed by atoms with Crippen molar-refractivity contribution in [2.24, 2.45) is 10.2 Å². The van der Waals surface area contributed by atoms with E-state index in [9.17, 15) is 19.2 Å². The molecule has 1 unspecified atom stereocenters. The average Bonchev–Trinajstić information content (AvgIpc) is 3.25. The van der Waals surface area contributed by atoms with Crippen molar-refractivity contribution in [3.63, 3.8) is 0 Å². The van der Waals surface area contributed by atoms with Gasteiger partial charge in [-0.1, -0.05) is 73.8 Å². The van der Waals surface area contributed by atoms with Crippen molar-refractivity contribution < 1.29 is 23.9 Å². The topological polar surface area (TPSA) is 249 Å². The second kappa shape index (κ2) is 21.8. The van der Waals surface area contributed by atoms with E-state index in [1.54, 1.807) is 49.1 Å². The van der Waals surface area contributed by atoms with Crippen LogP contribution in [0.3, 0.4) is 0 Å². The van der Waals surface area contributed by atoms with Crippen LogP contribution in [0.25, 0.3) is 33.0 Å². The minimum atomic E-state index is -0.907. The first-order valence-electron chi connectivity index (χ1n) is 18.9. The van der Waals surface area contributed by atoms with Crippen LogP contribution in [-0.4, -0.2) is 57.9 Å². The van der Waals surface area contributed by atoms with Crippen LogP contribution in [0.2, 0.25) is 0 Å². The van der Waals surface area contributed by atoms with E-state index in [2.05, 4.69) is 51.3 Å². The molecule has 0 saturated heterocycles. The van der Waals surface area contributed by atoms with Gasteiger partial charge in [-0.3, -0.25) is 29.1 Å². The van der Waals surface area contributed by atoms with E-state index in [0.717, 1.165) is 0 Å². The lowest BCUT2D eigenvalue weighted by molar-refractivity contribution is -0.124. The molecule has 4 N–H and O–H groups in total. The zero-order valence-corrected chi connectivity index (χ0v) is 33.3. The third-order valence-electron chi connectivity index (χ3n) is 9.39. The standard InChI is InChI=1S/C42H46N12O5/c1-5-20-41(4,27-47-39(57)35(23-29-10-8-21-45-25-29)48-37(55)31-12-16-33(17-13-31)51-53-43)59-28-42(6-2,7-3)50-40(58)36(24-30-11-9-22-46-26-30)49-38(56)32-14-18-34(19-15-32)52-54-44/h8-19,21-26H,5-7,20,27-28H2,1-4H3,(H,47,57)(H,48,55)(H,49,56)(H,50,58)/b35-23-,36-24-. The van der Waals surface area contributed by atoms with Crippen molar-refractivity contribution in [1.82, 2.24) is 31.2 Å². The number of aromatic nitrogens is 2. The van der Waals surface area contributed by atoms with E-state index in [4.69, 9.17) is 15.8 Å². The number of hydrogen-bond donors (Lipinski definition) is 4. The number of hydrogen-bond acceptors (Lipinski definition) is 9. The van der Waals surface area contributed by atoms with Gasteiger partial charge in [0.25, 0.3) is 23.6 Å². The van der Waals surface area contributed by atoms with Crippen LogP contribution >= 0.6 is 0 Å². The summed E-state index contributed by atoms with van der Waals surface area (Å²) < 4.78 is 6.60. The zero-order valence-electron chi connectivity index (χ0n) is 33.3. The van der Waals surface area contributed by atoms with E-state index in [0.29, 0.717) is 48.2 Å². The second-order valence-corrected chi connectivity index (χ2v) is 13.7. The minimum absolute atomic E-state index is 0.0291. The highest BCUT2D eigenvalue weighted by Gasteiger charge is 2.35.